The van der Waals surface area contributed by atoms with Crippen molar-refractivity contribution < 1.29 is 22.3 Å². The highest BCUT2D eigenvalue weighted by atomic mass is 32.2. The third-order valence-corrected chi connectivity index (χ3v) is 8.98. The molecule has 11 heteroatoms. The Hall–Kier alpha value is -4.77. The summed E-state index contributed by atoms with van der Waals surface area (Å²) < 4.78 is 44.9. The Kier molecular flexibility index (Phi) is 6.66. The summed E-state index contributed by atoms with van der Waals surface area (Å²) in [6, 6.07) is 20.5. The number of aromatic nitrogens is 3. The Morgan fingerprint density at radius 2 is 1.76 bits per heavy atom. The molecule has 0 radical (unpaired) electrons. The number of nitrogens with one attached hydrogen (secondary N) is 2. The summed E-state index contributed by atoms with van der Waals surface area (Å²) in [5.74, 6) is -0.130. The van der Waals surface area contributed by atoms with Crippen LogP contribution in [0.25, 0.3) is 16.8 Å². The molecular weight excluding hydrogens is 545 g/mol. The molecule has 2 aromatic heterocycles. The monoisotopic (exact) mass is 571 g/mol. The number of anilines is 3. The zero-order valence-electron chi connectivity index (χ0n) is 22.3. The van der Waals surface area contributed by atoms with Gasteiger partial charge in [-0.1, -0.05) is 24.3 Å². The number of fused-ring (bicyclic) bond motifs is 2. The summed E-state index contributed by atoms with van der Waals surface area (Å²) >= 11 is 0. The number of hydrogen-bond acceptors (Lipinski definition) is 7. The van der Waals surface area contributed by atoms with E-state index in [-0.39, 0.29) is 17.5 Å². The predicted molar refractivity (Wildman–Crippen MR) is 154 cm³/mol. The van der Waals surface area contributed by atoms with E-state index in [1.807, 2.05) is 42.6 Å². The van der Waals surface area contributed by atoms with Gasteiger partial charge in [-0.2, -0.15) is 4.98 Å². The quantitative estimate of drug-likeness (QED) is 0.270. The van der Waals surface area contributed by atoms with Crippen molar-refractivity contribution in [3.63, 3.8) is 0 Å². The standard InChI is InChI=1S/C30H26FN5O4S/c1-18(19-3-8-23(31)9-4-19)29(37)32-24-10-5-20(6-11-24)22-7-12-28-34-30(35-36(28)17-22)33-25-15-21-13-14-41(38,39)27(21)16-26(25)40-2/h3-12,15-18H,13-14H2,1-2H3,(H,32,37)(H,33,35). The molecule has 0 fully saturated rings. The van der Waals surface area contributed by atoms with Crippen molar-refractivity contribution in [2.45, 2.75) is 24.2 Å². The third kappa shape index (κ3) is 5.23. The van der Waals surface area contributed by atoms with Crippen LogP contribution >= 0.6 is 0 Å². The molecule has 9 nitrogen and oxygen atoms in total. The number of pyridine rings is 1. The minimum atomic E-state index is -3.28. The molecule has 208 valence electrons. The van der Waals surface area contributed by atoms with Gasteiger partial charge in [-0.15, -0.1) is 5.10 Å². The Morgan fingerprint density at radius 3 is 2.49 bits per heavy atom. The SMILES string of the molecule is COc1cc2c(cc1Nc1nc3ccc(-c4ccc(NC(=O)C(C)c5ccc(F)cc5)cc4)cn3n1)CCS2(=O)=O. The lowest BCUT2D eigenvalue weighted by molar-refractivity contribution is -0.117. The van der Waals surface area contributed by atoms with Crippen molar-refractivity contribution in [1.29, 1.82) is 0 Å². The highest BCUT2D eigenvalue weighted by molar-refractivity contribution is 7.91. The molecular formula is C30H26FN5O4S. The molecule has 5 aromatic rings. The predicted octanol–water partition coefficient (Wildman–Crippen LogP) is 5.36. The highest BCUT2D eigenvalue weighted by Crippen LogP contribution is 2.36. The van der Waals surface area contributed by atoms with E-state index in [4.69, 9.17) is 4.74 Å². The van der Waals surface area contributed by atoms with Gasteiger partial charge in [0.05, 0.1) is 29.4 Å². The molecule has 3 heterocycles. The number of amides is 1. The van der Waals surface area contributed by atoms with Gasteiger partial charge in [0.25, 0.3) is 0 Å². The number of rotatable bonds is 7. The summed E-state index contributed by atoms with van der Waals surface area (Å²) in [5.41, 5.74) is 5.15. The number of methoxy groups -OCH3 is 1. The lowest BCUT2D eigenvalue weighted by Gasteiger charge is -2.13. The van der Waals surface area contributed by atoms with E-state index in [1.54, 1.807) is 35.7 Å². The van der Waals surface area contributed by atoms with Crippen molar-refractivity contribution in [1.82, 2.24) is 14.6 Å². The maximum Gasteiger partial charge on any atom is 0.247 e. The van der Waals surface area contributed by atoms with E-state index in [2.05, 4.69) is 20.7 Å². The highest BCUT2D eigenvalue weighted by Gasteiger charge is 2.28. The zero-order valence-corrected chi connectivity index (χ0v) is 23.1. The van der Waals surface area contributed by atoms with Gasteiger partial charge in [0.15, 0.2) is 15.5 Å². The van der Waals surface area contributed by atoms with E-state index in [0.717, 1.165) is 22.3 Å². The number of carbonyl (C=O) groups is 1. The van der Waals surface area contributed by atoms with Gasteiger partial charge in [-0.05, 0) is 72.5 Å². The molecule has 1 aliphatic rings. The number of halogens is 1. The number of aryl methyl sites for hydroxylation is 1. The largest absolute Gasteiger partial charge is 0.495 e. The average molecular weight is 572 g/mol. The molecule has 0 saturated carbocycles. The second-order valence-corrected chi connectivity index (χ2v) is 11.9. The summed E-state index contributed by atoms with van der Waals surface area (Å²) in [6.07, 6.45) is 2.30. The van der Waals surface area contributed by atoms with Crippen LogP contribution in [0.5, 0.6) is 5.75 Å². The average Bonchev–Trinajstić information content (AvgIpc) is 3.51. The molecule has 0 aliphatic carbocycles. The molecule has 41 heavy (non-hydrogen) atoms. The van der Waals surface area contributed by atoms with Crippen LogP contribution in [0, 0.1) is 5.82 Å². The zero-order chi connectivity index (χ0) is 28.7. The van der Waals surface area contributed by atoms with Crippen molar-refractivity contribution in [3.8, 4) is 16.9 Å². The number of carbonyl (C=O) groups excluding carboxylic acids is 1. The Labute approximate surface area is 235 Å². The van der Waals surface area contributed by atoms with E-state index in [1.165, 1.54) is 19.2 Å². The van der Waals surface area contributed by atoms with Gasteiger partial charge in [0.1, 0.15) is 11.6 Å². The van der Waals surface area contributed by atoms with Gasteiger partial charge in [0, 0.05) is 23.5 Å². The summed E-state index contributed by atoms with van der Waals surface area (Å²) in [6.45, 7) is 1.78. The summed E-state index contributed by atoms with van der Waals surface area (Å²) in [5, 5.41) is 10.6. The number of ether oxygens (including phenoxy) is 1. The minimum absolute atomic E-state index is 0.0901. The van der Waals surface area contributed by atoms with Crippen LogP contribution in [0.2, 0.25) is 0 Å². The number of nitrogens with zero attached hydrogens (tertiary/aromatic N) is 3. The first-order chi connectivity index (χ1) is 19.7. The second kappa shape index (κ2) is 10.3. The normalized spacial score (nSPS) is 14.4. The maximum atomic E-state index is 13.2. The van der Waals surface area contributed by atoms with Gasteiger partial charge >= 0.3 is 0 Å². The Bertz CT molecular complexity index is 1890. The third-order valence-electron chi connectivity index (χ3n) is 7.18. The first kappa shape index (κ1) is 26.5. The van der Waals surface area contributed by atoms with Crippen LogP contribution in [0.15, 0.2) is 83.9 Å². The summed E-state index contributed by atoms with van der Waals surface area (Å²) in [4.78, 5) is 17.5. The minimum Gasteiger partial charge on any atom is -0.495 e. The molecule has 1 unspecified atom stereocenters. The second-order valence-electron chi connectivity index (χ2n) is 9.85. The molecule has 0 spiro atoms. The lowest BCUT2D eigenvalue weighted by atomic mass is 10.00. The van der Waals surface area contributed by atoms with Crippen molar-refractivity contribution in [2.24, 2.45) is 0 Å². The van der Waals surface area contributed by atoms with Crippen LogP contribution in [0.1, 0.15) is 24.0 Å². The van der Waals surface area contributed by atoms with Crippen LogP contribution in [-0.2, 0) is 21.1 Å². The fourth-order valence-electron chi connectivity index (χ4n) is 4.84. The molecule has 0 bridgehead atoms. The lowest BCUT2D eigenvalue weighted by Crippen LogP contribution is -2.18. The molecule has 1 atom stereocenters. The summed E-state index contributed by atoms with van der Waals surface area (Å²) in [7, 11) is -1.79. The molecule has 1 aliphatic heterocycles. The number of sulfone groups is 1. The van der Waals surface area contributed by atoms with Crippen LogP contribution in [-0.4, -0.2) is 41.8 Å². The molecule has 6 rings (SSSR count). The Balaban J connectivity index is 1.18. The van der Waals surface area contributed by atoms with Crippen molar-refractivity contribution in [2.75, 3.05) is 23.5 Å². The molecule has 0 saturated heterocycles. The number of hydrogen-bond donors (Lipinski definition) is 2. The van der Waals surface area contributed by atoms with E-state index >= 15 is 0 Å². The van der Waals surface area contributed by atoms with Crippen LogP contribution in [0.3, 0.4) is 0 Å². The fraction of sp³-hybridized carbons (Fsp3) is 0.167. The van der Waals surface area contributed by atoms with Gasteiger partial charge < -0.3 is 15.4 Å². The van der Waals surface area contributed by atoms with E-state index in [9.17, 15) is 17.6 Å². The van der Waals surface area contributed by atoms with E-state index < -0.39 is 15.8 Å². The molecule has 1 amide bonds. The van der Waals surface area contributed by atoms with Gasteiger partial charge in [0.2, 0.25) is 11.9 Å². The van der Waals surface area contributed by atoms with Crippen molar-refractivity contribution in [3.05, 3.63) is 95.9 Å². The van der Waals surface area contributed by atoms with Crippen molar-refractivity contribution >= 4 is 38.7 Å². The first-order valence-electron chi connectivity index (χ1n) is 12.9. The number of benzene rings is 3. The molecule has 2 N–H and O–H groups in total. The van der Waals surface area contributed by atoms with Crippen LogP contribution < -0.4 is 15.4 Å². The topological polar surface area (TPSA) is 115 Å². The Morgan fingerprint density at radius 1 is 1.02 bits per heavy atom. The van der Waals surface area contributed by atoms with Gasteiger partial charge in [-0.3, -0.25) is 4.79 Å². The fourth-order valence-corrected chi connectivity index (χ4v) is 6.39. The van der Waals surface area contributed by atoms with E-state index in [0.29, 0.717) is 40.0 Å². The smallest absolute Gasteiger partial charge is 0.247 e. The molecule has 3 aromatic carbocycles. The maximum absolute atomic E-state index is 13.2. The van der Waals surface area contributed by atoms with Gasteiger partial charge in [-0.25, -0.2) is 17.3 Å². The van der Waals surface area contributed by atoms with Crippen LogP contribution in [0.4, 0.5) is 21.7 Å². The first-order valence-corrected chi connectivity index (χ1v) is 14.6.